The molecule has 0 unspecified atom stereocenters. The van der Waals surface area contributed by atoms with Gasteiger partial charge >= 0.3 is 0 Å². The summed E-state index contributed by atoms with van der Waals surface area (Å²) in [5, 5.41) is 7.52. The summed E-state index contributed by atoms with van der Waals surface area (Å²) >= 11 is 0. The molecule has 0 radical (unpaired) electrons. The van der Waals surface area contributed by atoms with Crippen LogP contribution in [0.2, 0.25) is 0 Å². The van der Waals surface area contributed by atoms with Crippen LogP contribution < -0.4 is 5.32 Å². The Morgan fingerprint density at radius 3 is 2.84 bits per heavy atom. The second-order valence-corrected chi connectivity index (χ2v) is 4.73. The molecule has 2 rings (SSSR count). The maximum absolute atomic E-state index is 13.8. The summed E-state index contributed by atoms with van der Waals surface area (Å²) in [4.78, 5) is 0. The Hall–Kier alpha value is -1.68. The van der Waals surface area contributed by atoms with Crippen LogP contribution in [-0.4, -0.2) is 16.3 Å². The van der Waals surface area contributed by atoms with Crippen molar-refractivity contribution in [2.45, 2.75) is 33.4 Å². The first-order valence-corrected chi connectivity index (χ1v) is 6.67. The third kappa shape index (κ3) is 3.64. The average molecular weight is 261 g/mol. The van der Waals surface area contributed by atoms with E-state index in [1.165, 1.54) is 6.07 Å². The highest BCUT2D eigenvalue weighted by Gasteiger charge is 2.06. The van der Waals surface area contributed by atoms with Crippen LogP contribution in [-0.2, 0) is 13.1 Å². The van der Waals surface area contributed by atoms with Gasteiger partial charge in [-0.25, -0.2) is 4.39 Å². The zero-order valence-corrected chi connectivity index (χ0v) is 11.5. The molecule has 1 heterocycles. The molecule has 0 saturated carbocycles. The minimum Gasteiger partial charge on any atom is -0.313 e. The molecule has 2 aromatic rings. The van der Waals surface area contributed by atoms with E-state index in [1.807, 2.05) is 29.8 Å². The third-order valence-corrected chi connectivity index (χ3v) is 3.12. The lowest BCUT2D eigenvalue weighted by Gasteiger charge is -2.09. The number of nitrogens with one attached hydrogen (secondary N) is 1. The molecule has 0 aliphatic rings. The van der Waals surface area contributed by atoms with Crippen LogP contribution in [0, 0.1) is 12.7 Å². The maximum Gasteiger partial charge on any atom is 0.128 e. The van der Waals surface area contributed by atoms with Crippen molar-refractivity contribution in [3.05, 3.63) is 53.1 Å². The third-order valence-electron chi connectivity index (χ3n) is 3.12. The monoisotopic (exact) mass is 261 g/mol. The topological polar surface area (TPSA) is 29.9 Å². The predicted octanol–water partition coefficient (Wildman–Crippen LogP) is 2.88. The molecule has 1 aromatic heterocycles. The molecule has 0 spiro atoms. The van der Waals surface area contributed by atoms with E-state index in [2.05, 4.69) is 17.3 Å². The molecule has 3 nitrogen and oxygen atoms in total. The minimum absolute atomic E-state index is 0.172. The van der Waals surface area contributed by atoms with Gasteiger partial charge in [0.2, 0.25) is 0 Å². The van der Waals surface area contributed by atoms with Crippen LogP contribution in [0.5, 0.6) is 0 Å². The van der Waals surface area contributed by atoms with Gasteiger partial charge in [-0.3, -0.25) is 4.68 Å². The lowest BCUT2D eigenvalue weighted by atomic mass is 10.1. The largest absolute Gasteiger partial charge is 0.313 e. The van der Waals surface area contributed by atoms with E-state index in [0.29, 0.717) is 12.1 Å². The van der Waals surface area contributed by atoms with Gasteiger partial charge in [0.1, 0.15) is 5.82 Å². The summed E-state index contributed by atoms with van der Waals surface area (Å²) < 4.78 is 15.6. The highest BCUT2D eigenvalue weighted by Crippen LogP contribution is 2.13. The molecular formula is C15H20FN3. The molecule has 1 aromatic carbocycles. The summed E-state index contributed by atoms with van der Waals surface area (Å²) in [6.45, 7) is 6.33. The normalized spacial score (nSPS) is 10.9. The number of aromatic nitrogens is 2. The Morgan fingerprint density at radius 1 is 1.32 bits per heavy atom. The van der Waals surface area contributed by atoms with E-state index < -0.39 is 0 Å². The van der Waals surface area contributed by atoms with Gasteiger partial charge in [-0.05, 0) is 43.7 Å². The molecule has 0 fully saturated rings. The smallest absolute Gasteiger partial charge is 0.128 e. The van der Waals surface area contributed by atoms with Crippen LogP contribution >= 0.6 is 0 Å². The first-order chi connectivity index (χ1) is 9.20. The summed E-state index contributed by atoms with van der Waals surface area (Å²) in [6, 6.07) is 7.21. The Balaban J connectivity index is 2.11. The summed E-state index contributed by atoms with van der Waals surface area (Å²) in [7, 11) is 0. The summed E-state index contributed by atoms with van der Waals surface area (Å²) in [5.41, 5.74) is 2.83. The molecule has 4 heteroatoms. The van der Waals surface area contributed by atoms with Crippen LogP contribution in [0.3, 0.4) is 0 Å². The first kappa shape index (κ1) is 13.7. The molecule has 0 bridgehead atoms. The molecule has 102 valence electrons. The number of halogens is 1. The van der Waals surface area contributed by atoms with Gasteiger partial charge in [-0.1, -0.05) is 13.0 Å². The number of hydrogen-bond acceptors (Lipinski definition) is 2. The van der Waals surface area contributed by atoms with Crippen molar-refractivity contribution in [1.82, 2.24) is 15.1 Å². The lowest BCUT2D eigenvalue weighted by molar-refractivity contribution is 0.577. The number of aryl methyl sites for hydroxylation is 1. The fourth-order valence-electron chi connectivity index (χ4n) is 1.99. The maximum atomic E-state index is 13.8. The molecule has 19 heavy (non-hydrogen) atoms. The van der Waals surface area contributed by atoms with Crippen molar-refractivity contribution >= 4 is 0 Å². The molecule has 0 atom stereocenters. The minimum atomic E-state index is -0.172. The van der Waals surface area contributed by atoms with Crippen LogP contribution in [0.25, 0.3) is 0 Å². The Morgan fingerprint density at radius 2 is 2.16 bits per heavy atom. The standard InChI is InChI=1S/C15H20FN3/c1-3-7-17-10-13-4-5-15(16)14(9-13)11-19-12(2)6-8-18-19/h4-6,8-9,17H,3,7,10-11H2,1-2H3. The number of hydrogen-bond donors (Lipinski definition) is 1. The van der Waals surface area contributed by atoms with E-state index in [4.69, 9.17) is 0 Å². The number of nitrogens with zero attached hydrogens (tertiary/aromatic N) is 2. The van der Waals surface area contributed by atoms with Gasteiger partial charge in [-0.2, -0.15) is 5.10 Å². The van der Waals surface area contributed by atoms with Crippen molar-refractivity contribution < 1.29 is 4.39 Å². The van der Waals surface area contributed by atoms with E-state index >= 15 is 0 Å². The zero-order chi connectivity index (χ0) is 13.7. The highest BCUT2D eigenvalue weighted by atomic mass is 19.1. The van der Waals surface area contributed by atoms with Gasteiger partial charge in [-0.15, -0.1) is 0 Å². The van der Waals surface area contributed by atoms with E-state index in [9.17, 15) is 4.39 Å². The van der Waals surface area contributed by atoms with Crippen molar-refractivity contribution in [3.8, 4) is 0 Å². The fourth-order valence-corrected chi connectivity index (χ4v) is 1.99. The van der Waals surface area contributed by atoms with Crippen LogP contribution in [0.1, 0.15) is 30.2 Å². The zero-order valence-electron chi connectivity index (χ0n) is 11.5. The van der Waals surface area contributed by atoms with E-state index in [-0.39, 0.29) is 5.82 Å². The lowest BCUT2D eigenvalue weighted by Crippen LogP contribution is -2.14. The Kier molecular flexibility index (Phi) is 4.68. The molecule has 0 aliphatic heterocycles. The first-order valence-electron chi connectivity index (χ1n) is 6.67. The highest BCUT2D eigenvalue weighted by molar-refractivity contribution is 5.25. The van der Waals surface area contributed by atoms with Gasteiger partial charge in [0.05, 0.1) is 6.54 Å². The number of benzene rings is 1. The van der Waals surface area contributed by atoms with Crippen molar-refractivity contribution in [2.75, 3.05) is 6.54 Å². The van der Waals surface area contributed by atoms with Gasteiger partial charge in [0.15, 0.2) is 0 Å². The molecule has 0 amide bonds. The predicted molar refractivity (Wildman–Crippen MR) is 74.5 cm³/mol. The van der Waals surface area contributed by atoms with Gasteiger partial charge in [0.25, 0.3) is 0 Å². The number of rotatable bonds is 6. The quantitative estimate of drug-likeness (QED) is 0.810. The Labute approximate surface area is 113 Å². The van der Waals surface area contributed by atoms with Crippen LogP contribution in [0.4, 0.5) is 4.39 Å². The van der Waals surface area contributed by atoms with Crippen molar-refractivity contribution in [2.24, 2.45) is 0 Å². The van der Waals surface area contributed by atoms with E-state index in [0.717, 1.165) is 30.8 Å². The second kappa shape index (κ2) is 6.48. The molecule has 1 N–H and O–H groups in total. The summed E-state index contributed by atoms with van der Waals surface area (Å²) in [5.74, 6) is -0.172. The molecular weight excluding hydrogens is 241 g/mol. The molecule has 0 saturated heterocycles. The van der Waals surface area contributed by atoms with E-state index in [1.54, 1.807) is 6.20 Å². The Bertz CT molecular complexity index is 534. The van der Waals surface area contributed by atoms with Gasteiger partial charge < -0.3 is 5.32 Å². The van der Waals surface area contributed by atoms with Gasteiger partial charge in [0, 0.05) is 24.0 Å². The van der Waals surface area contributed by atoms with Crippen LogP contribution in [0.15, 0.2) is 30.5 Å². The molecule has 0 aliphatic carbocycles. The summed E-state index contributed by atoms with van der Waals surface area (Å²) in [6.07, 6.45) is 2.83. The fraction of sp³-hybridized carbons (Fsp3) is 0.400. The average Bonchev–Trinajstić information content (AvgIpc) is 2.79. The second-order valence-electron chi connectivity index (χ2n) is 4.73. The van der Waals surface area contributed by atoms with Crippen molar-refractivity contribution in [1.29, 1.82) is 0 Å². The van der Waals surface area contributed by atoms with Crippen molar-refractivity contribution in [3.63, 3.8) is 0 Å². The SMILES string of the molecule is CCCNCc1ccc(F)c(Cn2nccc2C)c1.